The molecule has 7 heteroatoms. The Morgan fingerprint density at radius 3 is 2.89 bits per heavy atom. The van der Waals surface area contributed by atoms with E-state index >= 15 is 0 Å². The maximum atomic E-state index is 11.8. The largest absolute Gasteiger partial charge is 0.408 e. The maximum Gasteiger partial charge on any atom is 0.322 e. The first-order valence-electron chi connectivity index (χ1n) is 6.57. The zero-order chi connectivity index (χ0) is 13.9. The van der Waals surface area contributed by atoms with Crippen molar-refractivity contribution in [3.8, 4) is 0 Å². The lowest BCUT2D eigenvalue weighted by Gasteiger charge is -2.23. The summed E-state index contributed by atoms with van der Waals surface area (Å²) in [6.45, 7) is 8.09. The van der Waals surface area contributed by atoms with Crippen LogP contribution < -0.4 is 16.0 Å². The van der Waals surface area contributed by atoms with Crippen LogP contribution in [-0.4, -0.2) is 41.3 Å². The second-order valence-electron chi connectivity index (χ2n) is 5.49. The van der Waals surface area contributed by atoms with Crippen LogP contribution in [0.25, 0.3) is 0 Å². The molecule has 1 saturated heterocycles. The highest BCUT2D eigenvalue weighted by atomic mass is 16.4. The molecule has 2 heterocycles. The molecule has 1 fully saturated rings. The highest BCUT2D eigenvalue weighted by Gasteiger charge is 2.28. The summed E-state index contributed by atoms with van der Waals surface area (Å²) < 4.78 is 5.32. The summed E-state index contributed by atoms with van der Waals surface area (Å²) in [5.41, 5.74) is -0.0186. The van der Waals surface area contributed by atoms with Crippen LogP contribution in [0.5, 0.6) is 0 Å². The number of hydrogen-bond donors (Lipinski definition) is 3. The Kier molecular flexibility index (Phi) is 4.16. The van der Waals surface area contributed by atoms with Gasteiger partial charge in [0.1, 0.15) is 0 Å². The monoisotopic (exact) mass is 267 g/mol. The van der Waals surface area contributed by atoms with Crippen molar-refractivity contribution in [2.75, 3.05) is 25.0 Å². The number of anilines is 1. The van der Waals surface area contributed by atoms with Gasteiger partial charge < -0.3 is 15.1 Å². The molecule has 0 aliphatic carbocycles. The first-order chi connectivity index (χ1) is 8.98. The highest BCUT2D eigenvalue weighted by Crippen LogP contribution is 2.15. The quantitative estimate of drug-likeness (QED) is 0.718. The number of amides is 1. The van der Waals surface area contributed by atoms with Crippen LogP contribution in [0.2, 0.25) is 0 Å². The summed E-state index contributed by atoms with van der Waals surface area (Å²) >= 11 is 0. The average molecular weight is 267 g/mol. The second-order valence-corrected chi connectivity index (χ2v) is 5.49. The topological polar surface area (TPSA) is 92.1 Å². The van der Waals surface area contributed by atoms with E-state index in [1.807, 2.05) is 13.8 Å². The summed E-state index contributed by atoms with van der Waals surface area (Å²) in [5, 5.41) is 16.8. The van der Waals surface area contributed by atoms with Crippen molar-refractivity contribution in [1.82, 2.24) is 20.8 Å². The predicted molar refractivity (Wildman–Crippen MR) is 70.9 cm³/mol. The summed E-state index contributed by atoms with van der Waals surface area (Å²) in [6.07, 6.45) is 1.01. The van der Waals surface area contributed by atoms with Gasteiger partial charge in [-0.15, -0.1) is 5.10 Å². The fourth-order valence-corrected chi connectivity index (χ4v) is 1.94. The fourth-order valence-electron chi connectivity index (χ4n) is 1.94. The molecule has 1 aliphatic heterocycles. The SMILES string of the molecule is CC(C)c1nnc(NC(=O)CNC2(C)CCNC2)o1. The van der Waals surface area contributed by atoms with Gasteiger partial charge in [0.15, 0.2) is 0 Å². The van der Waals surface area contributed by atoms with Crippen molar-refractivity contribution in [3.05, 3.63) is 5.89 Å². The Morgan fingerprint density at radius 2 is 2.32 bits per heavy atom. The lowest BCUT2D eigenvalue weighted by Crippen LogP contribution is -2.47. The minimum absolute atomic E-state index is 0.0186. The molecule has 1 aromatic rings. The van der Waals surface area contributed by atoms with Crippen LogP contribution in [0.4, 0.5) is 6.01 Å². The molecule has 0 bridgehead atoms. The zero-order valence-corrected chi connectivity index (χ0v) is 11.6. The van der Waals surface area contributed by atoms with E-state index in [1.54, 1.807) is 0 Å². The minimum atomic E-state index is -0.174. The third kappa shape index (κ3) is 3.74. The number of carbonyl (C=O) groups is 1. The molecule has 0 spiro atoms. The van der Waals surface area contributed by atoms with Gasteiger partial charge in [0, 0.05) is 18.0 Å². The normalized spacial score (nSPS) is 22.9. The molecule has 0 saturated carbocycles. The number of aromatic nitrogens is 2. The molecule has 2 rings (SSSR count). The second kappa shape index (κ2) is 5.66. The third-order valence-corrected chi connectivity index (χ3v) is 3.23. The standard InChI is InChI=1S/C12H21N5O2/c1-8(2)10-16-17-11(19-10)15-9(18)6-14-12(3)4-5-13-7-12/h8,13-14H,4-7H2,1-3H3,(H,15,17,18). The van der Waals surface area contributed by atoms with E-state index in [0.29, 0.717) is 5.89 Å². The van der Waals surface area contributed by atoms with Crippen molar-refractivity contribution in [3.63, 3.8) is 0 Å². The van der Waals surface area contributed by atoms with Crippen LogP contribution in [0.15, 0.2) is 4.42 Å². The predicted octanol–water partition coefficient (Wildman–Crippen LogP) is 0.473. The Balaban J connectivity index is 1.80. The average Bonchev–Trinajstić information content (AvgIpc) is 2.97. The van der Waals surface area contributed by atoms with Gasteiger partial charge in [-0.1, -0.05) is 18.9 Å². The van der Waals surface area contributed by atoms with E-state index < -0.39 is 0 Å². The number of nitrogens with one attached hydrogen (secondary N) is 3. The summed E-state index contributed by atoms with van der Waals surface area (Å²) in [6, 6.07) is 0.158. The Bertz CT molecular complexity index is 437. The third-order valence-electron chi connectivity index (χ3n) is 3.23. The van der Waals surface area contributed by atoms with Gasteiger partial charge >= 0.3 is 6.01 Å². The van der Waals surface area contributed by atoms with E-state index in [4.69, 9.17) is 4.42 Å². The number of carbonyl (C=O) groups excluding carboxylic acids is 1. The lowest BCUT2D eigenvalue weighted by atomic mass is 10.0. The molecule has 1 aliphatic rings. The Morgan fingerprint density at radius 1 is 1.53 bits per heavy atom. The lowest BCUT2D eigenvalue weighted by molar-refractivity contribution is -0.115. The molecule has 7 nitrogen and oxygen atoms in total. The molecule has 3 N–H and O–H groups in total. The van der Waals surface area contributed by atoms with Gasteiger partial charge in [0.05, 0.1) is 6.54 Å². The van der Waals surface area contributed by atoms with E-state index in [1.165, 1.54) is 0 Å². The van der Waals surface area contributed by atoms with Crippen LogP contribution >= 0.6 is 0 Å². The van der Waals surface area contributed by atoms with E-state index in [2.05, 4.69) is 33.1 Å². The van der Waals surface area contributed by atoms with Crippen LogP contribution in [0.3, 0.4) is 0 Å². The smallest absolute Gasteiger partial charge is 0.322 e. The molecule has 1 atom stereocenters. The van der Waals surface area contributed by atoms with Crippen LogP contribution in [0, 0.1) is 0 Å². The molecule has 1 amide bonds. The summed E-state index contributed by atoms with van der Waals surface area (Å²) in [4.78, 5) is 11.8. The Hall–Kier alpha value is -1.47. The number of nitrogens with zero attached hydrogens (tertiary/aromatic N) is 2. The summed E-state index contributed by atoms with van der Waals surface area (Å²) in [7, 11) is 0. The first-order valence-corrected chi connectivity index (χ1v) is 6.57. The molecule has 1 aromatic heterocycles. The molecule has 1 unspecified atom stereocenters. The molecule has 19 heavy (non-hydrogen) atoms. The van der Waals surface area contributed by atoms with Crippen molar-refractivity contribution in [1.29, 1.82) is 0 Å². The van der Waals surface area contributed by atoms with Gasteiger partial charge in [0.2, 0.25) is 11.8 Å². The molecule has 0 aromatic carbocycles. The number of rotatable bonds is 5. The van der Waals surface area contributed by atoms with Gasteiger partial charge in [-0.3, -0.25) is 10.1 Å². The highest BCUT2D eigenvalue weighted by molar-refractivity contribution is 5.90. The molecular formula is C12H21N5O2. The Labute approximate surface area is 112 Å². The van der Waals surface area contributed by atoms with E-state index in [9.17, 15) is 4.79 Å². The fraction of sp³-hybridized carbons (Fsp3) is 0.750. The molecular weight excluding hydrogens is 246 g/mol. The van der Waals surface area contributed by atoms with Crippen molar-refractivity contribution in [2.45, 2.75) is 38.6 Å². The zero-order valence-electron chi connectivity index (χ0n) is 11.6. The van der Waals surface area contributed by atoms with Gasteiger partial charge in [-0.2, -0.15) is 0 Å². The van der Waals surface area contributed by atoms with Crippen molar-refractivity contribution in [2.24, 2.45) is 0 Å². The summed E-state index contributed by atoms with van der Waals surface area (Å²) in [5.74, 6) is 0.502. The van der Waals surface area contributed by atoms with Gasteiger partial charge in [-0.05, 0) is 19.9 Å². The first kappa shape index (κ1) is 14.0. The number of hydrogen-bond acceptors (Lipinski definition) is 6. The van der Waals surface area contributed by atoms with Gasteiger partial charge in [0.25, 0.3) is 0 Å². The van der Waals surface area contributed by atoms with E-state index in [-0.39, 0.29) is 29.9 Å². The van der Waals surface area contributed by atoms with Crippen molar-refractivity contribution >= 4 is 11.9 Å². The van der Waals surface area contributed by atoms with Crippen molar-refractivity contribution < 1.29 is 9.21 Å². The molecule has 106 valence electrons. The van der Waals surface area contributed by atoms with E-state index in [0.717, 1.165) is 19.5 Å². The van der Waals surface area contributed by atoms with Gasteiger partial charge in [-0.25, -0.2) is 0 Å². The molecule has 0 radical (unpaired) electrons. The van der Waals surface area contributed by atoms with Crippen LogP contribution in [-0.2, 0) is 4.79 Å². The maximum absolute atomic E-state index is 11.8. The minimum Gasteiger partial charge on any atom is -0.408 e. The van der Waals surface area contributed by atoms with Crippen LogP contribution in [0.1, 0.15) is 39.0 Å².